The number of amides is 1. The Kier molecular flexibility index (Phi) is 5.13. The van der Waals surface area contributed by atoms with Crippen LogP contribution in [-0.2, 0) is 11.3 Å². The number of hydrogen-bond acceptors (Lipinski definition) is 3. The molecule has 0 unspecified atom stereocenters. The van der Waals surface area contributed by atoms with E-state index in [9.17, 15) is 4.79 Å². The van der Waals surface area contributed by atoms with Crippen molar-refractivity contribution in [1.82, 2.24) is 9.78 Å². The molecule has 108 valence electrons. The molecule has 0 aliphatic carbocycles. The predicted octanol–water partition coefficient (Wildman–Crippen LogP) is 1.56. The highest BCUT2D eigenvalue weighted by Crippen LogP contribution is 2.14. The van der Waals surface area contributed by atoms with Crippen LogP contribution in [0.2, 0.25) is 0 Å². The summed E-state index contributed by atoms with van der Waals surface area (Å²) in [5.74, 6) is 5.36. The molecule has 0 atom stereocenters. The number of nitrogens with zero attached hydrogens (tertiary/aromatic N) is 2. The van der Waals surface area contributed by atoms with E-state index in [0.29, 0.717) is 18.7 Å². The van der Waals surface area contributed by atoms with Gasteiger partial charge in [0.15, 0.2) is 0 Å². The van der Waals surface area contributed by atoms with Gasteiger partial charge in [-0.3, -0.25) is 9.48 Å². The van der Waals surface area contributed by atoms with E-state index in [0.717, 1.165) is 11.1 Å². The average molecular weight is 283 g/mol. The van der Waals surface area contributed by atoms with E-state index in [1.165, 1.54) is 0 Å². The quantitative estimate of drug-likeness (QED) is 0.837. The SMILES string of the molecule is Cc1cc(C#CCO)cc(NC(=O)CCn2cccn2)c1. The minimum absolute atomic E-state index is 0.0721. The molecule has 0 aliphatic heterocycles. The molecule has 0 bridgehead atoms. The van der Waals surface area contributed by atoms with E-state index in [1.54, 1.807) is 16.9 Å². The first-order valence-electron chi connectivity index (χ1n) is 6.66. The topological polar surface area (TPSA) is 67.2 Å². The lowest BCUT2D eigenvalue weighted by molar-refractivity contribution is -0.116. The molecule has 0 fully saturated rings. The van der Waals surface area contributed by atoms with Gasteiger partial charge in [0.05, 0.1) is 0 Å². The zero-order valence-electron chi connectivity index (χ0n) is 11.8. The number of rotatable bonds is 4. The number of aryl methyl sites for hydroxylation is 2. The fraction of sp³-hybridized carbons (Fsp3) is 0.250. The van der Waals surface area contributed by atoms with Crippen LogP contribution >= 0.6 is 0 Å². The standard InChI is InChI=1S/C16H17N3O2/c1-13-10-14(4-2-9-20)12-15(11-13)18-16(21)5-8-19-7-3-6-17-19/h3,6-7,10-12,20H,5,8-9H2,1H3,(H,18,21). The molecule has 1 amide bonds. The Morgan fingerprint density at radius 1 is 1.43 bits per heavy atom. The lowest BCUT2D eigenvalue weighted by Crippen LogP contribution is -2.14. The fourth-order valence-corrected chi connectivity index (χ4v) is 1.94. The van der Waals surface area contributed by atoms with Crippen molar-refractivity contribution in [3.63, 3.8) is 0 Å². The summed E-state index contributed by atoms with van der Waals surface area (Å²) in [5.41, 5.74) is 2.48. The van der Waals surface area contributed by atoms with Gasteiger partial charge >= 0.3 is 0 Å². The van der Waals surface area contributed by atoms with Crippen LogP contribution in [0.5, 0.6) is 0 Å². The molecule has 5 heteroatoms. The summed E-state index contributed by atoms with van der Waals surface area (Å²) >= 11 is 0. The summed E-state index contributed by atoms with van der Waals surface area (Å²) in [5, 5.41) is 15.6. The van der Waals surface area contributed by atoms with Gasteiger partial charge in [-0.1, -0.05) is 11.8 Å². The minimum Gasteiger partial charge on any atom is -0.384 e. The van der Waals surface area contributed by atoms with Crippen LogP contribution in [0.15, 0.2) is 36.7 Å². The number of carbonyl (C=O) groups excluding carboxylic acids is 1. The largest absolute Gasteiger partial charge is 0.384 e. The van der Waals surface area contributed by atoms with Crippen LogP contribution in [0, 0.1) is 18.8 Å². The lowest BCUT2D eigenvalue weighted by Gasteiger charge is -2.07. The smallest absolute Gasteiger partial charge is 0.226 e. The van der Waals surface area contributed by atoms with E-state index < -0.39 is 0 Å². The Bertz CT molecular complexity index is 667. The predicted molar refractivity (Wildman–Crippen MR) is 80.6 cm³/mol. The van der Waals surface area contributed by atoms with E-state index in [2.05, 4.69) is 22.3 Å². The summed E-state index contributed by atoms with van der Waals surface area (Å²) < 4.78 is 1.72. The number of hydrogen-bond donors (Lipinski definition) is 2. The van der Waals surface area contributed by atoms with E-state index in [4.69, 9.17) is 5.11 Å². The van der Waals surface area contributed by atoms with Gasteiger partial charge in [0.2, 0.25) is 5.91 Å². The molecular formula is C16H17N3O2. The maximum Gasteiger partial charge on any atom is 0.226 e. The first-order valence-corrected chi connectivity index (χ1v) is 6.66. The number of aliphatic hydroxyl groups is 1. The Labute approximate surface area is 123 Å². The number of carbonyl (C=O) groups is 1. The highest BCUT2D eigenvalue weighted by Gasteiger charge is 2.04. The molecule has 2 aromatic rings. The van der Waals surface area contributed by atoms with E-state index >= 15 is 0 Å². The zero-order chi connectivity index (χ0) is 15.1. The third kappa shape index (κ3) is 4.79. The van der Waals surface area contributed by atoms with Crippen molar-refractivity contribution in [1.29, 1.82) is 0 Å². The molecule has 0 saturated heterocycles. The third-order valence-corrected chi connectivity index (χ3v) is 2.80. The normalized spacial score (nSPS) is 9.81. The Balaban J connectivity index is 1.98. The van der Waals surface area contributed by atoms with Crippen LogP contribution < -0.4 is 5.32 Å². The van der Waals surface area contributed by atoms with Crippen LogP contribution in [0.25, 0.3) is 0 Å². The Hall–Kier alpha value is -2.58. The first kappa shape index (κ1) is 14.8. The molecule has 21 heavy (non-hydrogen) atoms. The summed E-state index contributed by atoms with van der Waals surface area (Å²) in [6, 6.07) is 7.41. The number of aromatic nitrogens is 2. The molecule has 2 rings (SSSR count). The highest BCUT2D eigenvalue weighted by molar-refractivity contribution is 5.90. The van der Waals surface area contributed by atoms with Crippen molar-refractivity contribution >= 4 is 11.6 Å². The van der Waals surface area contributed by atoms with Crippen LogP contribution in [0.4, 0.5) is 5.69 Å². The zero-order valence-corrected chi connectivity index (χ0v) is 11.8. The van der Waals surface area contributed by atoms with Gasteiger partial charge < -0.3 is 10.4 Å². The van der Waals surface area contributed by atoms with Gasteiger partial charge in [0.1, 0.15) is 6.61 Å². The second-order valence-corrected chi connectivity index (χ2v) is 4.61. The fourth-order valence-electron chi connectivity index (χ4n) is 1.94. The van der Waals surface area contributed by atoms with Crippen molar-refractivity contribution in [3.05, 3.63) is 47.8 Å². The van der Waals surface area contributed by atoms with Crippen molar-refractivity contribution in [2.75, 3.05) is 11.9 Å². The molecule has 0 aliphatic rings. The molecule has 1 heterocycles. The number of aliphatic hydroxyl groups excluding tert-OH is 1. The van der Waals surface area contributed by atoms with Crippen LogP contribution in [0.1, 0.15) is 17.5 Å². The third-order valence-electron chi connectivity index (χ3n) is 2.80. The number of benzene rings is 1. The van der Waals surface area contributed by atoms with Crippen molar-refractivity contribution < 1.29 is 9.90 Å². The summed E-state index contributed by atoms with van der Waals surface area (Å²) in [7, 11) is 0. The van der Waals surface area contributed by atoms with Gasteiger partial charge in [-0.25, -0.2) is 0 Å². The van der Waals surface area contributed by atoms with E-state index in [-0.39, 0.29) is 12.5 Å². The van der Waals surface area contributed by atoms with E-state index in [1.807, 2.05) is 31.3 Å². The Morgan fingerprint density at radius 3 is 3.00 bits per heavy atom. The molecule has 5 nitrogen and oxygen atoms in total. The molecular weight excluding hydrogens is 266 g/mol. The highest BCUT2D eigenvalue weighted by atomic mass is 16.2. The van der Waals surface area contributed by atoms with Crippen molar-refractivity contribution in [2.24, 2.45) is 0 Å². The van der Waals surface area contributed by atoms with Crippen molar-refractivity contribution in [3.8, 4) is 11.8 Å². The Morgan fingerprint density at radius 2 is 2.29 bits per heavy atom. The average Bonchev–Trinajstić information content (AvgIpc) is 2.95. The molecule has 0 saturated carbocycles. The summed E-state index contributed by atoms with van der Waals surface area (Å²) in [4.78, 5) is 11.9. The summed E-state index contributed by atoms with van der Waals surface area (Å²) in [6.45, 7) is 2.30. The van der Waals surface area contributed by atoms with Gasteiger partial charge in [0, 0.05) is 36.6 Å². The summed E-state index contributed by atoms with van der Waals surface area (Å²) in [6.07, 6.45) is 3.86. The van der Waals surface area contributed by atoms with Gasteiger partial charge in [0.25, 0.3) is 0 Å². The van der Waals surface area contributed by atoms with Gasteiger partial charge in [-0.15, -0.1) is 0 Å². The van der Waals surface area contributed by atoms with Gasteiger partial charge in [-0.2, -0.15) is 5.10 Å². The first-order chi connectivity index (χ1) is 10.2. The lowest BCUT2D eigenvalue weighted by atomic mass is 10.1. The van der Waals surface area contributed by atoms with Gasteiger partial charge in [-0.05, 0) is 36.8 Å². The molecule has 1 aromatic carbocycles. The number of anilines is 1. The second kappa shape index (κ2) is 7.27. The van der Waals surface area contributed by atoms with Crippen LogP contribution in [-0.4, -0.2) is 27.4 Å². The second-order valence-electron chi connectivity index (χ2n) is 4.61. The number of nitrogens with one attached hydrogen (secondary N) is 1. The molecule has 2 N–H and O–H groups in total. The molecule has 0 radical (unpaired) electrons. The maximum absolute atomic E-state index is 11.9. The van der Waals surface area contributed by atoms with Crippen LogP contribution in [0.3, 0.4) is 0 Å². The van der Waals surface area contributed by atoms with Crippen molar-refractivity contribution in [2.45, 2.75) is 19.9 Å². The minimum atomic E-state index is -0.181. The molecule has 0 spiro atoms. The monoisotopic (exact) mass is 283 g/mol. The molecule has 1 aromatic heterocycles. The maximum atomic E-state index is 11.9.